The van der Waals surface area contributed by atoms with E-state index in [1.807, 2.05) is 27.0 Å². The molecule has 0 amide bonds. The summed E-state index contributed by atoms with van der Waals surface area (Å²) in [4.78, 5) is 2.06. The lowest BCUT2D eigenvalue weighted by Gasteiger charge is -2.18. The summed E-state index contributed by atoms with van der Waals surface area (Å²) in [6.45, 7) is 4.78. The van der Waals surface area contributed by atoms with E-state index in [9.17, 15) is 8.42 Å². The summed E-state index contributed by atoms with van der Waals surface area (Å²) < 4.78 is 21.6. The van der Waals surface area contributed by atoms with Crippen LogP contribution in [0.3, 0.4) is 0 Å². The Labute approximate surface area is 81.4 Å². The van der Waals surface area contributed by atoms with Gasteiger partial charge in [-0.05, 0) is 20.3 Å². The first-order valence-electron chi connectivity index (χ1n) is 4.38. The Hall–Kier alpha value is -0.510. The van der Waals surface area contributed by atoms with E-state index in [1.54, 1.807) is 0 Å². The smallest absolute Gasteiger partial charge is 0.147 e. The molecule has 0 aromatic rings. The molecule has 78 valence electrons. The van der Waals surface area contributed by atoms with E-state index in [1.165, 1.54) is 12.0 Å². The zero-order valence-corrected chi connectivity index (χ0v) is 9.69. The van der Waals surface area contributed by atoms with Crippen LogP contribution in [0.4, 0.5) is 0 Å². The van der Waals surface area contributed by atoms with Crippen molar-refractivity contribution in [3.05, 3.63) is 11.8 Å². The highest BCUT2D eigenvalue weighted by molar-refractivity contribution is 7.90. The van der Waals surface area contributed by atoms with Gasteiger partial charge in [0.05, 0.1) is 5.75 Å². The Bertz CT molecular complexity index is 267. The molecule has 13 heavy (non-hydrogen) atoms. The standard InChI is InChI=1S/C9H19NO2S/c1-5-9(2)10(3)7-6-8-13(4,11)12/h5H,6-8H2,1-4H3/b9-5+. The van der Waals surface area contributed by atoms with Crippen LogP contribution in [0.15, 0.2) is 11.8 Å². The maximum atomic E-state index is 10.8. The fourth-order valence-corrected chi connectivity index (χ4v) is 1.61. The van der Waals surface area contributed by atoms with Gasteiger partial charge >= 0.3 is 0 Å². The van der Waals surface area contributed by atoms with E-state index >= 15 is 0 Å². The van der Waals surface area contributed by atoms with Gasteiger partial charge in [0.25, 0.3) is 0 Å². The summed E-state index contributed by atoms with van der Waals surface area (Å²) in [5.41, 5.74) is 1.17. The number of hydrogen-bond acceptors (Lipinski definition) is 3. The van der Waals surface area contributed by atoms with Crippen molar-refractivity contribution in [3.8, 4) is 0 Å². The van der Waals surface area contributed by atoms with E-state index in [4.69, 9.17) is 0 Å². The second kappa shape index (κ2) is 5.27. The normalized spacial score (nSPS) is 13.1. The SMILES string of the molecule is C/C=C(\C)N(C)CCCS(C)(=O)=O. The molecule has 0 bridgehead atoms. The summed E-state index contributed by atoms with van der Waals surface area (Å²) in [6, 6.07) is 0. The first-order valence-corrected chi connectivity index (χ1v) is 6.44. The van der Waals surface area contributed by atoms with Gasteiger partial charge in [-0.15, -0.1) is 0 Å². The third-order valence-electron chi connectivity index (χ3n) is 2.03. The molecule has 0 atom stereocenters. The molecular formula is C9H19NO2S. The number of allylic oxidation sites excluding steroid dienone is 2. The molecule has 0 N–H and O–H groups in total. The average molecular weight is 205 g/mol. The minimum atomic E-state index is -2.80. The average Bonchev–Trinajstić information content (AvgIpc) is 2.00. The zero-order valence-electron chi connectivity index (χ0n) is 8.87. The van der Waals surface area contributed by atoms with Gasteiger partial charge in [0, 0.05) is 25.5 Å². The molecule has 0 aromatic carbocycles. The molecular weight excluding hydrogens is 186 g/mol. The summed E-state index contributed by atoms with van der Waals surface area (Å²) >= 11 is 0. The lowest BCUT2D eigenvalue weighted by molar-refractivity contribution is 0.417. The maximum absolute atomic E-state index is 10.8. The number of sulfone groups is 1. The van der Waals surface area contributed by atoms with Crippen LogP contribution in [-0.2, 0) is 9.84 Å². The lowest BCUT2D eigenvalue weighted by Crippen LogP contribution is -2.19. The summed E-state index contributed by atoms with van der Waals surface area (Å²) in [5, 5.41) is 0. The highest BCUT2D eigenvalue weighted by Crippen LogP contribution is 2.01. The third-order valence-corrected chi connectivity index (χ3v) is 3.06. The van der Waals surface area contributed by atoms with Crippen molar-refractivity contribution in [1.29, 1.82) is 0 Å². The number of rotatable bonds is 5. The fraction of sp³-hybridized carbons (Fsp3) is 0.778. The fourth-order valence-electron chi connectivity index (χ4n) is 0.961. The van der Waals surface area contributed by atoms with Gasteiger partial charge in [0.1, 0.15) is 9.84 Å². The second-order valence-corrected chi connectivity index (χ2v) is 5.59. The summed E-state index contributed by atoms with van der Waals surface area (Å²) in [6.07, 6.45) is 3.98. The highest BCUT2D eigenvalue weighted by atomic mass is 32.2. The monoisotopic (exact) mass is 205 g/mol. The molecule has 0 fully saturated rings. The van der Waals surface area contributed by atoms with Gasteiger partial charge in [-0.1, -0.05) is 6.08 Å². The lowest BCUT2D eigenvalue weighted by atomic mass is 10.3. The van der Waals surface area contributed by atoms with Crippen molar-refractivity contribution in [2.24, 2.45) is 0 Å². The largest absolute Gasteiger partial charge is 0.378 e. The Balaban J connectivity index is 3.79. The Kier molecular flexibility index (Phi) is 5.06. The quantitative estimate of drug-likeness (QED) is 0.678. The van der Waals surface area contributed by atoms with E-state index in [-0.39, 0.29) is 5.75 Å². The Morgan fingerprint density at radius 1 is 1.46 bits per heavy atom. The van der Waals surface area contributed by atoms with Gasteiger partial charge in [-0.3, -0.25) is 0 Å². The molecule has 3 nitrogen and oxygen atoms in total. The zero-order chi connectivity index (χ0) is 10.5. The van der Waals surface area contributed by atoms with E-state index in [0.717, 1.165) is 6.54 Å². The van der Waals surface area contributed by atoms with E-state index in [2.05, 4.69) is 4.90 Å². The molecule has 0 radical (unpaired) electrons. The number of nitrogens with zero attached hydrogens (tertiary/aromatic N) is 1. The molecule has 0 aliphatic rings. The van der Waals surface area contributed by atoms with Crippen LogP contribution < -0.4 is 0 Å². The van der Waals surface area contributed by atoms with Crippen LogP contribution in [-0.4, -0.2) is 38.9 Å². The Morgan fingerprint density at radius 3 is 2.38 bits per heavy atom. The van der Waals surface area contributed by atoms with Gasteiger partial charge in [0.2, 0.25) is 0 Å². The van der Waals surface area contributed by atoms with Crippen molar-refractivity contribution in [2.45, 2.75) is 20.3 Å². The molecule has 0 spiro atoms. The van der Waals surface area contributed by atoms with Crippen LogP contribution in [0.5, 0.6) is 0 Å². The van der Waals surface area contributed by atoms with Crippen molar-refractivity contribution >= 4 is 9.84 Å². The van der Waals surface area contributed by atoms with Crippen molar-refractivity contribution in [2.75, 3.05) is 25.6 Å². The summed E-state index contributed by atoms with van der Waals surface area (Å²) in [5.74, 6) is 0.272. The minimum absolute atomic E-state index is 0.272. The van der Waals surface area contributed by atoms with Crippen LogP contribution in [0.25, 0.3) is 0 Å². The van der Waals surface area contributed by atoms with Gasteiger partial charge in [0.15, 0.2) is 0 Å². The molecule has 0 heterocycles. The minimum Gasteiger partial charge on any atom is -0.378 e. The van der Waals surface area contributed by atoms with Crippen molar-refractivity contribution in [3.63, 3.8) is 0 Å². The van der Waals surface area contributed by atoms with E-state index in [0.29, 0.717) is 6.42 Å². The molecule has 0 rings (SSSR count). The van der Waals surface area contributed by atoms with Crippen LogP contribution >= 0.6 is 0 Å². The molecule has 4 heteroatoms. The first kappa shape index (κ1) is 12.5. The number of hydrogen-bond donors (Lipinski definition) is 0. The van der Waals surface area contributed by atoms with Crippen molar-refractivity contribution < 1.29 is 8.42 Å². The van der Waals surface area contributed by atoms with Crippen LogP contribution in [0.1, 0.15) is 20.3 Å². The predicted octanol–water partition coefficient (Wildman–Crippen LogP) is 1.28. The molecule has 0 aliphatic carbocycles. The molecule has 0 aromatic heterocycles. The molecule has 0 saturated carbocycles. The van der Waals surface area contributed by atoms with Crippen molar-refractivity contribution in [1.82, 2.24) is 4.90 Å². The predicted molar refractivity (Wildman–Crippen MR) is 56.4 cm³/mol. The summed E-state index contributed by atoms with van der Waals surface area (Å²) in [7, 11) is -0.828. The molecule has 0 aliphatic heterocycles. The van der Waals surface area contributed by atoms with Gasteiger partial charge in [-0.25, -0.2) is 8.42 Å². The second-order valence-electron chi connectivity index (χ2n) is 3.34. The van der Waals surface area contributed by atoms with Crippen LogP contribution in [0, 0.1) is 0 Å². The van der Waals surface area contributed by atoms with Gasteiger partial charge < -0.3 is 4.90 Å². The Morgan fingerprint density at radius 2 is 2.00 bits per heavy atom. The van der Waals surface area contributed by atoms with Crippen LogP contribution in [0.2, 0.25) is 0 Å². The highest BCUT2D eigenvalue weighted by Gasteiger charge is 2.03. The van der Waals surface area contributed by atoms with Gasteiger partial charge in [-0.2, -0.15) is 0 Å². The van der Waals surface area contributed by atoms with E-state index < -0.39 is 9.84 Å². The molecule has 0 unspecified atom stereocenters. The third kappa shape index (κ3) is 6.63. The molecule has 0 saturated heterocycles. The first-order chi connectivity index (χ1) is 5.87. The maximum Gasteiger partial charge on any atom is 0.147 e. The topological polar surface area (TPSA) is 37.4 Å².